The van der Waals surface area contributed by atoms with E-state index in [1.54, 1.807) is 0 Å². The molecule has 0 unspecified atom stereocenters. The van der Waals surface area contributed by atoms with Crippen LogP contribution in [0.5, 0.6) is 0 Å². The Hall–Kier alpha value is -1.35. The van der Waals surface area contributed by atoms with Gasteiger partial charge in [-0.2, -0.15) is 0 Å². The smallest absolute Gasteiger partial charge is 0.220 e. The van der Waals surface area contributed by atoms with Gasteiger partial charge in [0.25, 0.3) is 0 Å². The number of amides is 1. The van der Waals surface area contributed by atoms with Crippen LogP contribution in [-0.4, -0.2) is 18.0 Å². The second-order valence-electron chi connectivity index (χ2n) is 5.51. The maximum atomic E-state index is 11.8. The summed E-state index contributed by atoms with van der Waals surface area (Å²) in [7, 11) is 0. The number of nitrogens with two attached hydrogens (primary N) is 1. The van der Waals surface area contributed by atoms with Crippen LogP contribution in [0.4, 0.5) is 0 Å². The van der Waals surface area contributed by atoms with E-state index < -0.39 is 0 Å². The molecule has 100 valence electrons. The predicted octanol–water partition coefficient (Wildman–Crippen LogP) is 2.09. The summed E-state index contributed by atoms with van der Waals surface area (Å²) < 4.78 is 0. The van der Waals surface area contributed by atoms with E-state index in [1.807, 2.05) is 19.9 Å². The molecule has 0 saturated heterocycles. The topological polar surface area (TPSA) is 55.1 Å². The summed E-state index contributed by atoms with van der Waals surface area (Å²) in [5, 5.41) is 2.95. The first-order chi connectivity index (χ1) is 8.35. The summed E-state index contributed by atoms with van der Waals surface area (Å²) >= 11 is 0. The minimum Gasteiger partial charge on any atom is -0.350 e. The highest BCUT2D eigenvalue weighted by Gasteiger charge is 2.18. The fourth-order valence-electron chi connectivity index (χ4n) is 1.97. The highest BCUT2D eigenvalue weighted by molar-refractivity contribution is 5.77. The van der Waals surface area contributed by atoms with Gasteiger partial charge in [-0.15, -0.1) is 0 Å². The maximum absolute atomic E-state index is 11.8. The van der Waals surface area contributed by atoms with E-state index in [0.717, 1.165) is 6.42 Å². The third-order valence-electron chi connectivity index (χ3n) is 3.23. The summed E-state index contributed by atoms with van der Waals surface area (Å²) in [4.78, 5) is 11.8. The van der Waals surface area contributed by atoms with E-state index in [-0.39, 0.29) is 11.4 Å². The van der Waals surface area contributed by atoms with Crippen molar-refractivity contribution in [3.8, 4) is 0 Å². The van der Waals surface area contributed by atoms with Gasteiger partial charge in [0.15, 0.2) is 0 Å². The lowest BCUT2D eigenvalue weighted by Gasteiger charge is -2.24. The number of hydrogen-bond donors (Lipinski definition) is 2. The number of carbonyl (C=O) groups excluding carboxylic acids is 1. The van der Waals surface area contributed by atoms with Crippen LogP contribution < -0.4 is 11.1 Å². The average Bonchev–Trinajstić information content (AvgIpc) is 2.28. The van der Waals surface area contributed by atoms with E-state index in [9.17, 15) is 4.79 Å². The summed E-state index contributed by atoms with van der Waals surface area (Å²) in [6.07, 6.45) is 1.29. The van der Waals surface area contributed by atoms with Gasteiger partial charge < -0.3 is 11.1 Å². The quantitative estimate of drug-likeness (QED) is 0.838. The summed E-state index contributed by atoms with van der Waals surface area (Å²) in [5.41, 5.74) is 9.05. The molecule has 0 aromatic heterocycles. The zero-order valence-corrected chi connectivity index (χ0v) is 11.8. The molecule has 0 spiro atoms. The first-order valence-electron chi connectivity index (χ1n) is 6.42. The molecule has 0 aliphatic heterocycles. The van der Waals surface area contributed by atoms with Gasteiger partial charge in [0, 0.05) is 18.5 Å². The van der Waals surface area contributed by atoms with E-state index >= 15 is 0 Å². The minimum absolute atomic E-state index is 0.0631. The number of rotatable bonds is 5. The molecule has 1 rings (SSSR count). The Morgan fingerprint density at radius 2 is 1.83 bits per heavy atom. The number of hydrogen-bond acceptors (Lipinski definition) is 2. The maximum Gasteiger partial charge on any atom is 0.220 e. The monoisotopic (exact) mass is 248 g/mol. The lowest BCUT2D eigenvalue weighted by atomic mass is 9.98. The van der Waals surface area contributed by atoms with Crippen LogP contribution in [0.25, 0.3) is 0 Å². The van der Waals surface area contributed by atoms with Crippen LogP contribution in [0.2, 0.25) is 0 Å². The molecule has 0 bridgehead atoms. The standard InChI is InChI=1S/C15H24N2O/c1-11-6-5-7-12(2)13(11)8-9-14(18)17-15(3,4)10-16/h5-7H,8-10,16H2,1-4H3,(H,17,18). The van der Waals surface area contributed by atoms with E-state index in [1.165, 1.54) is 16.7 Å². The Kier molecular flexibility index (Phi) is 4.91. The van der Waals surface area contributed by atoms with Crippen molar-refractivity contribution in [2.45, 2.75) is 46.1 Å². The SMILES string of the molecule is Cc1cccc(C)c1CCC(=O)NC(C)(C)CN. The van der Waals surface area contributed by atoms with Crippen molar-refractivity contribution in [3.63, 3.8) is 0 Å². The average molecular weight is 248 g/mol. The van der Waals surface area contributed by atoms with E-state index in [2.05, 4.69) is 31.3 Å². The summed E-state index contributed by atoms with van der Waals surface area (Å²) in [5.74, 6) is 0.0631. The van der Waals surface area contributed by atoms with Gasteiger partial charge in [-0.25, -0.2) is 0 Å². The largest absolute Gasteiger partial charge is 0.350 e. The molecule has 1 aromatic rings. The fraction of sp³-hybridized carbons (Fsp3) is 0.533. The molecule has 0 radical (unpaired) electrons. The Bertz CT molecular complexity index is 404. The first kappa shape index (κ1) is 14.7. The molecule has 3 heteroatoms. The van der Waals surface area contributed by atoms with Crippen molar-refractivity contribution >= 4 is 5.91 Å². The third kappa shape index (κ3) is 4.15. The van der Waals surface area contributed by atoms with Crippen molar-refractivity contribution < 1.29 is 4.79 Å². The lowest BCUT2D eigenvalue weighted by molar-refractivity contribution is -0.122. The van der Waals surface area contributed by atoms with E-state index in [0.29, 0.717) is 13.0 Å². The molecule has 0 atom stereocenters. The Morgan fingerprint density at radius 1 is 1.28 bits per heavy atom. The Morgan fingerprint density at radius 3 is 2.33 bits per heavy atom. The molecule has 3 nitrogen and oxygen atoms in total. The zero-order chi connectivity index (χ0) is 13.8. The number of aryl methyl sites for hydroxylation is 2. The molecule has 3 N–H and O–H groups in total. The van der Waals surface area contributed by atoms with Gasteiger partial charge in [-0.3, -0.25) is 4.79 Å². The normalized spacial score (nSPS) is 11.4. The number of nitrogens with one attached hydrogen (secondary N) is 1. The van der Waals surface area contributed by atoms with Crippen molar-refractivity contribution in [3.05, 3.63) is 34.9 Å². The van der Waals surface area contributed by atoms with Crippen molar-refractivity contribution in [1.29, 1.82) is 0 Å². The molecular weight excluding hydrogens is 224 g/mol. The molecular formula is C15H24N2O. The molecule has 0 saturated carbocycles. The van der Waals surface area contributed by atoms with Crippen LogP contribution in [0, 0.1) is 13.8 Å². The summed E-state index contributed by atoms with van der Waals surface area (Å²) in [6.45, 7) is 8.49. The minimum atomic E-state index is -0.322. The van der Waals surface area contributed by atoms with Gasteiger partial charge in [0.2, 0.25) is 5.91 Å². The number of benzene rings is 1. The van der Waals surface area contributed by atoms with Crippen LogP contribution in [-0.2, 0) is 11.2 Å². The van der Waals surface area contributed by atoms with Gasteiger partial charge in [-0.05, 0) is 50.8 Å². The summed E-state index contributed by atoms with van der Waals surface area (Å²) in [6, 6.07) is 6.22. The predicted molar refractivity (Wildman–Crippen MR) is 75.5 cm³/mol. The van der Waals surface area contributed by atoms with Crippen LogP contribution in [0.15, 0.2) is 18.2 Å². The van der Waals surface area contributed by atoms with Crippen molar-refractivity contribution in [1.82, 2.24) is 5.32 Å². The molecule has 0 aliphatic rings. The molecule has 18 heavy (non-hydrogen) atoms. The highest BCUT2D eigenvalue weighted by Crippen LogP contribution is 2.15. The van der Waals surface area contributed by atoms with Gasteiger partial charge in [-0.1, -0.05) is 18.2 Å². The first-order valence-corrected chi connectivity index (χ1v) is 6.42. The molecule has 1 amide bonds. The molecule has 0 heterocycles. The second-order valence-corrected chi connectivity index (χ2v) is 5.51. The van der Waals surface area contributed by atoms with Crippen LogP contribution in [0.3, 0.4) is 0 Å². The van der Waals surface area contributed by atoms with Gasteiger partial charge in [0.05, 0.1) is 0 Å². The molecule has 0 fully saturated rings. The highest BCUT2D eigenvalue weighted by atomic mass is 16.1. The Labute approximate surface area is 110 Å². The van der Waals surface area contributed by atoms with Crippen LogP contribution in [0.1, 0.15) is 37.0 Å². The van der Waals surface area contributed by atoms with Gasteiger partial charge >= 0.3 is 0 Å². The lowest BCUT2D eigenvalue weighted by Crippen LogP contribution is -2.48. The Balaban J connectivity index is 2.58. The fourth-order valence-corrected chi connectivity index (χ4v) is 1.97. The van der Waals surface area contributed by atoms with Crippen molar-refractivity contribution in [2.75, 3.05) is 6.54 Å². The second kappa shape index (κ2) is 6.01. The third-order valence-corrected chi connectivity index (χ3v) is 3.23. The zero-order valence-electron chi connectivity index (χ0n) is 11.8. The molecule has 0 aliphatic carbocycles. The number of carbonyl (C=O) groups is 1. The van der Waals surface area contributed by atoms with Crippen LogP contribution >= 0.6 is 0 Å². The van der Waals surface area contributed by atoms with Gasteiger partial charge in [0.1, 0.15) is 0 Å². The molecule has 1 aromatic carbocycles. The van der Waals surface area contributed by atoms with E-state index in [4.69, 9.17) is 5.73 Å². The van der Waals surface area contributed by atoms with Crippen molar-refractivity contribution in [2.24, 2.45) is 5.73 Å².